The van der Waals surface area contributed by atoms with E-state index in [0.29, 0.717) is 11.3 Å². The lowest BCUT2D eigenvalue weighted by molar-refractivity contribution is 1.06. The molecule has 20 heavy (non-hydrogen) atoms. The first-order valence-corrected chi connectivity index (χ1v) is 7.12. The molecule has 0 unspecified atom stereocenters. The Hall–Kier alpha value is -1.88. The topological polar surface area (TPSA) is 61.5 Å². The van der Waals surface area contributed by atoms with Crippen LogP contribution < -0.4 is 5.56 Å². The second-order valence-electron chi connectivity index (χ2n) is 4.99. The summed E-state index contributed by atoms with van der Waals surface area (Å²) in [7, 11) is 0. The van der Waals surface area contributed by atoms with E-state index in [1.807, 2.05) is 6.20 Å². The smallest absolute Gasteiger partial charge is 0.275 e. The first-order valence-electron chi connectivity index (χ1n) is 6.32. The Morgan fingerprint density at radius 1 is 1.15 bits per heavy atom. The number of H-pyrrole nitrogens is 2. The van der Waals surface area contributed by atoms with Crippen molar-refractivity contribution in [3.05, 3.63) is 50.1 Å². The van der Waals surface area contributed by atoms with E-state index in [1.165, 1.54) is 0 Å². The number of aromatic nitrogens is 3. The van der Waals surface area contributed by atoms with Gasteiger partial charge in [0, 0.05) is 16.2 Å². The zero-order chi connectivity index (χ0) is 14.4. The molecule has 2 N–H and O–H groups in total. The molecule has 0 amide bonds. The fraction of sp³-hybridized carbons (Fsp3) is 0.200. The third-order valence-electron chi connectivity index (χ3n) is 3.42. The Balaban J connectivity index is 2.39. The third-order valence-corrected chi connectivity index (χ3v) is 3.88. The van der Waals surface area contributed by atoms with E-state index in [-0.39, 0.29) is 5.56 Å². The van der Waals surface area contributed by atoms with Crippen LogP contribution in [0.15, 0.2) is 27.6 Å². The van der Waals surface area contributed by atoms with Gasteiger partial charge in [-0.05, 0) is 49.6 Å². The van der Waals surface area contributed by atoms with Crippen molar-refractivity contribution >= 4 is 27.0 Å². The summed E-state index contributed by atoms with van der Waals surface area (Å²) in [5.74, 6) is 0.621. The van der Waals surface area contributed by atoms with Gasteiger partial charge < -0.3 is 9.97 Å². The molecule has 2 heterocycles. The summed E-state index contributed by atoms with van der Waals surface area (Å²) in [5.41, 5.74) is 5.50. The molecule has 1 aromatic carbocycles. The predicted octanol–water partition coefficient (Wildman–Crippen LogP) is 3.61. The van der Waals surface area contributed by atoms with Gasteiger partial charge in [0.15, 0.2) is 0 Å². The van der Waals surface area contributed by atoms with Gasteiger partial charge >= 0.3 is 0 Å². The fourth-order valence-electron chi connectivity index (χ4n) is 2.65. The SMILES string of the molecule is Cc1nc2c(-c3c(C)cc(Br)cc3C)c[nH]c2c(=O)[nH]1. The summed E-state index contributed by atoms with van der Waals surface area (Å²) in [5, 5.41) is 0. The summed E-state index contributed by atoms with van der Waals surface area (Å²) in [6.45, 7) is 5.91. The maximum atomic E-state index is 11.9. The number of nitrogens with zero attached hydrogens (tertiary/aromatic N) is 1. The summed E-state index contributed by atoms with van der Waals surface area (Å²) in [4.78, 5) is 22.2. The average Bonchev–Trinajstić information content (AvgIpc) is 2.72. The molecule has 3 aromatic rings. The van der Waals surface area contributed by atoms with Crippen LogP contribution in [0.4, 0.5) is 0 Å². The van der Waals surface area contributed by atoms with Crippen molar-refractivity contribution in [3.8, 4) is 11.1 Å². The van der Waals surface area contributed by atoms with Crippen LogP contribution in [0.3, 0.4) is 0 Å². The lowest BCUT2D eigenvalue weighted by atomic mass is 9.97. The molecule has 3 rings (SSSR count). The van der Waals surface area contributed by atoms with Crippen molar-refractivity contribution in [2.75, 3.05) is 0 Å². The van der Waals surface area contributed by atoms with Crippen LogP contribution in [0.5, 0.6) is 0 Å². The summed E-state index contributed by atoms with van der Waals surface area (Å²) in [6, 6.07) is 4.14. The van der Waals surface area contributed by atoms with Gasteiger partial charge in [0.2, 0.25) is 0 Å². The van der Waals surface area contributed by atoms with Crippen LogP contribution >= 0.6 is 15.9 Å². The van der Waals surface area contributed by atoms with Gasteiger partial charge in [-0.15, -0.1) is 0 Å². The molecule has 0 fully saturated rings. The van der Waals surface area contributed by atoms with Crippen molar-refractivity contribution in [1.82, 2.24) is 15.0 Å². The first-order chi connectivity index (χ1) is 9.47. The zero-order valence-corrected chi connectivity index (χ0v) is 13.1. The lowest BCUT2D eigenvalue weighted by Crippen LogP contribution is -2.09. The van der Waals surface area contributed by atoms with E-state index >= 15 is 0 Å². The molecular formula is C15H14BrN3O. The normalized spacial score (nSPS) is 11.2. The van der Waals surface area contributed by atoms with Crippen LogP contribution in [0.1, 0.15) is 17.0 Å². The molecule has 2 aromatic heterocycles. The molecule has 0 spiro atoms. The minimum absolute atomic E-state index is 0.133. The van der Waals surface area contributed by atoms with Gasteiger partial charge in [0.25, 0.3) is 5.56 Å². The highest BCUT2D eigenvalue weighted by Gasteiger charge is 2.15. The highest BCUT2D eigenvalue weighted by atomic mass is 79.9. The monoisotopic (exact) mass is 331 g/mol. The summed E-state index contributed by atoms with van der Waals surface area (Å²) in [6.07, 6.45) is 1.86. The van der Waals surface area contributed by atoms with Gasteiger partial charge in [-0.2, -0.15) is 0 Å². The van der Waals surface area contributed by atoms with Crippen LogP contribution in [0.2, 0.25) is 0 Å². The Morgan fingerprint density at radius 2 is 1.80 bits per heavy atom. The number of halogens is 1. The van der Waals surface area contributed by atoms with Gasteiger partial charge in [0.05, 0.1) is 0 Å². The Morgan fingerprint density at radius 3 is 2.45 bits per heavy atom. The summed E-state index contributed by atoms with van der Waals surface area (Å²) < 4.78 is 1.05. The van der Waals surface area contributed by atoms with Crippen LogP contribution in [0, 0.1) is 20.8 Å². The third kappa shape index (κ3) is 1.98. The minimum atomic E-state index is -0.133. The molecule has 0 aliphatic rings. The average molecular weight is 332 g/mol. The molecule has 0 aliphatic heterocycles. The Bertz CT molecular complexity index is 853. The minimum Gasteiger partial charge on any atom is -0.355 e. The summed E-state index contributed by atoms with van der Waals surface area (Å²) >= 11 is 3.50. The zero-order valence-electron chi connectivity index (χ0n) is 11.5. The first kappa shape index (κ1) is 13.1. The van der Waals surface area contributed by atoms with E-state index in [2.05, 4.69) is 56.9 Å². The highest BCUT2D eigenvalue weighted by molar-refractivity contribution is 9.10. The number of aromatic amines is 2. The lowest BCUT2D eigenvalue weighted by Gasteiger charge is -2.09. The number of hydrogen-bond acceptors (Lipinski definition) is 2. The molecule has 0 saturated heterocycles. The molecule has 5 heteroatoms. The maximum absolute atomic E-state index is 11.9. The maximum Gasteiger partial charge on any atom is 0.275 e. The van der Waals surface area contributed by atoms with Gasteiger partial charge in [-0.3, -0.25) is 4.79 Å². The predicted molar refractivity (Wildman–Crippen MR) is 84.1 cm³/mol. The van der Waals surface area contributed by atoms with Crippen molar-refractivity contribution in [2.45, 2.75) is 20.8 Å². The number of fused-ring (bicyclic) bond motifs is 1. The van der Waals surface area contributed by atoms with Crippen LogP contribution in [0.25, 0.3) is 22.2 Å². The molecule has 0 saturated carbocycles. The second kappa shape index (κ2) is 4.59. The van der Waals surface area contributed by atoms with Crippen molar-refractivity contribution in [1.29, 1.82) is 0 Å². The molecule has 0 atom stereocenters. The molecule has 4 nitrogen and oxygen atoms in total. The molecule has 0 aliphatic carbocycles. The largest absolute Gasteiger partial charge is 0.355 e. The van der Waals surface area contributed by atoms with E-state index in [9.17, 15) is 4.79 Å². The number of nitrogens with one attached hydrogen (secondary N) is 2. The van der Waals surface area contributed by atoms with Crippen molar-refractivity contribution in [2.24, 2.45) is 0 Å². The van der Waals surface area contributed by atoms with Gasteiger partial charge in [0.1, 0.15) is 16.9 Å². The molecule has 0 radical (unpaired) electrons. The molecule has 102 valence electrons. The fourth-order valence-corrected chi connectivity index (χ4v) is 3.34. The molecular weight excluding hydrogens is 318 g/mol. The van der Waals surface area contributed by atoms with E-state index in [1.54, 1.807) is 6.92 Å². The molecule has 0 bridgehead atoms. The second-order valence-corrected chi connectivity index (χ2v) is 5.91. The van der Waals surface area contributed by atoms with Crippen molar-refractivity contribution in [3.63, 3.8) is 0 Å². The van der Waals surface area contributed by atoms with Crippen LogP contribution in [-0.2, 0) is 0 Å². The van der Waals surface area contributed by atoms with Gasteiger partial charge in [-0.1, -0.05) is 15.9 Å². The number of aryl methyl sites for hydroxylation is 3. The van der Waals surface area contributed by atoms with Gasteiger partial charge in [-0.25, -0.2) is 4.98 Å². The quantitative estimate of drug-likeness (QED) is 0.715. The van der Waals surface area contributed by atoms with E-state index < -0.39 is 0 Å². The van der Waals surface area contributed by atoms with Crippen molar-refractivity contribution < 1.29 is 0 Å². The highest BCUT2D eigenvalue weighted by Crippen LogP contribution is 2.33. The number of benzene rings is 1. The number of rotatable bonds is 1. The van der Waals surface area contributed by atoms with E-state index in [4.69, 9.17) is 0 Å². The Labute approximate surface area is 124 Å². The standard InChI is InChI=1S/C15H14BrN3O/c1-7-4-10(16)5-8(2)12(7)11-6-17-14-13(11)18-9(3)19-15(14)20/h4-6,17H,1-3H3,(H,18,19,20). The van der Waals surface area contributed by atoms with E-state index in [0.717, 1.165) is 32.2 Å². The Kier molecular flexibility index (Phi) is 3.01. The number of hydrogen-bond donors (Lipinski definition) is 2. The van der Waals surface area contributed by atoms with Crippen LogP contribution in [-0.4, -0.2) is 15.0 Å².